The van der Waals surface area contributed by atoms with Crippen molar-refractivity contribution in [1.82, 2.24) is 0 Å². The van der Waals surface area contributed by atoms with Crippen molar-refractivity contribution in [2.24, 2.45) is 11.3 Å². The summed E-state index contributed by atoms with van der Waals surface area (Å²) >= 11 is 1.60. The lowest BCUT2D eigenvalue weighted by molar-refractivity contribution is -0.117. The van der Waals surface area contributed by atoms with Gasteiger partial charge in [-0.25, -0.2) is 0 Å². The van der Waals surface area contributed by atoms with Crippen LogP contribution in [-0.4, -0.2) is 24.7 Å². The number of ether oxygens (including phenoxy) is 1. The van der Waals surface area contributed by atoms with Crippen molar-refractivity contribution in [3.05, 3.63) is 54.1 Å². The predicted octanol–water partition coefficient (Wildman–Crippen LogP) is 5.87. The second-order valence-electron chi connectivity index (χ2n) is 9.37. The highest BCUT2D eigenvalue weighted by Crippen LogP contribution is 2.42. The molecule has 0 unspecified atom stereocenters. The van der Waals surface area contributed by atoms with Gasteiger partial charge in [0.05, 0.1) is 12.9 Å². The smallest absolute Gasteiger partial charge is 0.238 e. The van der Waals surface area contributed by atoms with Gasteiger partial charge in [0.25, 0.3) is 0 Å². The largest absolute Gasteiger partial charge is 0.497 e. The number of hydrogen-bond acceptors (Lipinski definition) is 4. The Morgan fingerprint density at radius 3 is 2.58 bits per heavy atom. The van der Waals surface area contributed by atoms with Crippen molar-refractivity contribution in [2.45, 2.75) is 45.9 Å². The summed E-state index contributed by atoms with van der Waals surface area (Å²) in [7, 11) is 1.62. The van der Waals surface area contributed by atoms with Crippen LogP contribution in [0.1, 0.15) is 51.5 Å². The van der Waals surface area contributed by atoms with Crippen molar-refractivity contribution in [2.75, 3.05) is 23.1 Å². The van der Waals surface area contributed by atoms with E-state index in [2.05, 4.69) is 33.0 Å². The van der Waals surface area contributed by atoms with E-state index in [-0.39, 0.29) is 22.6 Å². The zero-order chi connectivity index (χ0) is 22.6. The number of thioether (sulfide) groups is 1. The van der Waals surface area contributed by atoms with Gasteiger partial charge in [0.2, 0.25) is 11.8 Å². The summed E-state index contributed by atoms with van der Waals surface area (Å²) in [5.74, 6) is 1.60. The van der Waals surface area contributed by atoms with Crippen LogP contribution in [0.15, 0.2) is 48.5 Å². The van der Waals surface area contributed by atoms with Crippen molar-refractivity contribution in [3.63, 3.8) is 0 Å². The molecular weight excluding hydrogens is 408 g/mol. The Labute approximate surface area is 189 Å². The molecule has 1 heterocycles. The quantitative estimate of drug-likeness (QED) is 0.584. The lowest BCUT2D eigenvalue weighted by Crippen LogP contribution is -2.27. The second-order valence-corrected chi connectivity index (χ2v) is 10.4. The van der Waals surface area contributed by atoms with Gasteiger partial charge >= 0.3 is 0 Å². The third-order valence-corrected chi connectivity index (χ3v) is 6.39. The maximum atomic E-state index is 12.6. The maximum absolute atomic E-state index is 12.6. The molecule has 1 saturated heterocycles. The minimum atomic E-state index is -0.101. The molecule has 31 heavy (non-hydrogen) atoms. The van der Waals surface area contributed by atoms with Crippen molar-refractivity contribution < 1.29 is 14.3 Å². The summed E-state index contributed by atoms with van der Waals surface area (Å²) < 4.78 is 5.31. The van der Waals surface area contributed by atoms with Crippen LogP contribution in [0.25, 0.3) is 0 Å². The molecule has 2 aromatic carbocycles. The molecule has 166 valence electrons. The van der Waals surface area contributed by atoms with E-state index < -0.39 is 0 Å². The molecule has 2 amide bonds. The molecule has 1 N–H and O–H groups in total. The highest BCUT2D eigenvalue weighted by Gasteiger charge is 2.34. The number of nitrogens with one attached hydrogen (secondary N) is 1. The fourth-order valence-corrected chi connectivity index (χ4v) is 5.26. The van der Waals surface area contributed by atoms with Gasteiger partial charge < -0.3 is 10.1 Å². The predicted molar refractivity (Wildman–Crippen MR) is 129 cm³/mol. The van der Waals surface area contributed by atoms with Gasteiger partial charge in [0, 0.05) is 23.9 Å². The number of amides is 2. The van der Waals surface area contributed by atoms with E-state index in [4.69, 9.17) is 4.74 Å². The van der Waals surface area contributed by atoms with Gasteiger partial charge in [-0.2, -0.15) is 0 Å². The summed E-state index contributed by atoms with van der Waals surface area (Å²) in [6, 6.07) is 15.3. The lowest BCUT2D eigenvalue weighted by atomic mass is 9.84. The number of methoxy groups -OCH3 is 1. The number of benzene rings is 2. The zero-order valence-electron chi connectivity index (χ0n) is 19.0. The molecule has 6 heteroatoms. The molecule has 0 bridgehead atoms. The number of carbonyl (C=O) groups excluding carboxylic acids is 2. The van der Waals surface area contributed by atoms with Gasteiger partial charge in [-0.15, -0.1) is 11.8 Å². The average Bonchev–Trinajstić information content (AvgIpc) is 3.08. The van der Waals surface area contributed by atoms with Gasteiger partial charge in [-0.3, -0.25) is 14.5 Å². The van der Waals surface area contributed by atoms with E-state index in [1.807, 2.05) is 53.4 Å². The Bertz CT molecular complexity index is 921. The summed E-state index contributed by atoms with van der Waals surface area (Å²) in [6.07, 6.45) is 1.52. The second kappa shape index (κ2) is 9.77. The first-order chi connectivity index (χ1) is 14.7. The van der Waals surface area contributed by atoms with Gasteiger partial charge in [-0.1, -0.05) is 45.9 Å². The lowest BCUT2D eigenvalue weighted by Gasteiger charge is -2.25. The molecule has 0 aromatic heterocycles. The van der Waals surface area contributed by atoms with E-state index in [1.54, 1.807) is 18.9 Å². The first-order valence-corrected chi connectivity index (χ1v) is 11.7. The van der Waals surface area contributed by atoms with Crippen molar-refractivity contribution in [3.8, 4) is 5.75 Å². The third-order valence-electron chi connectivity index (χ3n) is 5.17. The third kappa shape index (κ3) is 6.26. The van der Waals surface area contributed by atoms with Gasteiger partial charge in [0.1, 0.15) is 11.1 Å². The van der Waals surface area contributed by atoms with E-state index in [9.17, 15) is 9.59 Å². The summed E-state index contributed by atoms with van der Waals surface area (Å²) in [5.41, 5.74) is 2.84. The van der Waals surface area contributed by atoms with Crippen LogP contribution in [-0.2, 0) is 9.59 Å². The Morgan fingerprint density at radius 1 is 1.23 bits per heavy atom. The molecule has 2 aromatic rings. The summed E-state index contributed by atoms with van der Waals surface area (Å²) in [6.45, 7) is 8.71. The Morgan fingerprint density at radius 2 is 1.94 bits per heavy atom. The molecule has 0 aliphatic carbocycles. The van der Waals surface area contributed by atoms with Crippen LogP contribution in [0, 0.1) is 11.3 Å². The molecule has 1 fully saturated rings. The van der Waals surface area contributed by atoms with Gasteiger partial charge in [-0.05, 0) is 47.6 Å². The van der Waals surface area contributed by atoms with Crippen molar-refractivity contribution >= 4 is 35.0 Å². The molecule has 0 saturated carbocycles. The molecule has 3 rings (SSSR count). The fraction of sp³-hybridized carbons (Fsp3) is 0.440. The normalized spacial score (nSPS) is 17.5. The molecule has 0 spiro atoms. The molecule has 5 nitrogen and oxygen atoms in total. The minimum Gasteiger partial charge on any atom is -0.497 e. The number of rotatable bonds is 7. The molecule has 0 radical (unpaired) electrons. The highest BCUT2D eigenvalue weighted by atomic mass is 32.2. The van der Waals surface area contributed by atoms with E-state index in [0.29, 0.717) is 18.1 Å². The Kier molecular flexibility index (Phi) is 7.31. The fourth-order valence-electron chi connectivity index (χ4n) is 4.09. The minimum absolute atomic E-state index is 0.0351. The van der Waals surface area contributed by atoms with Crippen LogP contribution < -0.4 is 15.0 Å². The van der Waals surface area contributed by atoms with Crippen LogP contribution >= 0.6 is 11.8 Å². The van der Waals surface area contributed by atoms with Crippen molar-refractivity contribution in [1.29, 1.82) is 0 Å². The van der Waals surface area contributed by atoms with E-state index in [1.165, 1.54) is 0 Å². The molecule has 1 aliphatic heterocycles. The Balaban J connectivity index is 1.67. The highest BCUT2D eigenvalue weighted by molar-refractivity contribution is 8.00. The topological polar surface area (TPSA) is 58.6 Å². The zero-order valence-corrected chi connectivity index (χ0v) is 19.8. The number of nitrogens with zero attached hydrogens (tertiary/aromatic N) is 1. The van der Waals surface area contributed by atoms with Gasteiger partial charge in [0.15, 0.2) is 0 Å². The van der Waals surface area contributed by atoms with E-state index >= 15 is 0 Å². The molecule has 1 aliphatic rings. The average molecular weight is 441 g/mol. The SMILES string of the molecule is COc1cccc(N2C(=O)CS[C@H]2c2ccc(NC(=O)C[C@@H](C)CC(C)(C)C)cc2)c1. The first-order valence-electron chi connectivity index (χ1n) is 10.6. The van der Waals surface area contributed by atoms with Crippen LogP contribution in [0.2, 0.25) is 0 Å². The summed E-state index contributed by atoms with van der Waals surface area (Å²) in [5, 5.41) is 2.90. The standard InChI is InChI=1S/C25H32N2O3S/c1-17(15-25(2,3)4)13-22(28)26-19-11-9-18(10-12-19)24-27(23(29)16-31-24)20-7-6-8-21(14-20)30-5/h6-12,14,17,24H,13,15-16H2,1-5H3,(H,26,28)/t17-,24+/m1/s1. The summed E-state index contributed by atoms with van der Waals surface area (Å²) in [4.78, 5) is 26.8. The molecule has 2 atom stereocenters. The first kappa shape index (κ1) is 23.2. The molecular formula is C25H32N2O3S. The Hall–Kier alpha value is -2.47. The number of hydrogen-bond donors (Lipinski definition) is 1. The number of anilines is 2. The number of carbonyl (C=O) groups is 2. The van der Waals surface area contributed by atoms with Crippen LogP contribution in [0.4, 0.5) is 11.4 Å². The monoisotopic (exact) mass is 440 g/mol. The van der Waals surface area contributed by atoms with Crippen LogP contribution in [0.5, 0.6) is 5.75 Å². The van der Waals surface area contributed by atoms with E-state index in [0.717, 1.165) is 29.1 Å². The van der Waals surface area contributed by atoms with Crippen LogP contribution in [0.3, 0.4) is 0 Å². The maximum Gasteiger partial charge on any atom is 0.238 e.